The molecule has 0 aliphatic carbocycles. The molecule has 1 aromatic rings. The van der Waals surface area contributed by atoms with Crippen LogP contribution in [0, 0.1) is 6.92 Å². The number of hydrogen-bond acceptors (Lipinski definition) is 4. The largest absolute Gasteiger partial charge is 0.465 e. The summed E-state index contributed by atoms with van der Waals surface area (Å²) >= 11 is 0. The van der Waals surface area contributed by atoms with E-state index >= 15 is 0 Å². The second-order valence-electron chi connectivity index (χ2n) is 4.30. The lowest BCUT2D eigenvalue weighted by molar-refractivity contribution is 0.0599. The van der Waals surface area contributed by atoms with Crippen LogP contribution in [-0.4, -0.2) is 32.1 Å². The molecule has 0 aliphatic rings. The van der Waals surface area contributed by atoms with Crippen molar-refractivity contribution in [1.29, 1.82) is 0 Å². The summed E-state index contributed by atoms with van der Waals surface area (Å²) in [6.07, 6.45) is 1.02. The number of carbonyl (C=O) groups excluding carboxylic acids is 1. The number of nitrogens with zero attached hydrogens (tertiary/aromatic N) is 1. The molecule has 1 heterocycles. The van der Waals surface area contributed by atoms with Crippen LogP contribution in [0.15, 0.2) is 15.5 Å². The van der Waals surface area contributed by atoms with E-state index in [1.54, 1.807) is 13.0 Å². The Morgan fingerprint density at radius 3 is 2.67 bits per heavy atom. The SMILES string of the molecule is CCCNC(=NCc1cc(C(=O)OC)c(C)o1)NCC.I. The second kappa shape index (κ2) is 10.5. The molecular weight excluding hydrogens is 385 g/mol. The minimum atomic E-state index is -0.391. The third kappa shape index (κ3) is 6.36. The van der Waals surface area contributed by atoms with Gasteiger partial charge >= 0.3 is 5.97 Å². The lowest BCUT2D eigenvalue weighted by atomic mass is 10.2. The Bertz CT molecular complexity index is 472. The predicted octanol–water partition coefficient (Wildman–Crippen LogP) is 2.46. The first-order valence-electron chi connectivity index (χ1n) is 6.82. The highest BCUT2D eigenvalue weighted by Crippen LogP contribution is 2.16. The Morgan fingerprint density at radius 2 is 2.10 bits per heavy atom. The zero-order valence-corrected chi connectivity index (χ0v) is 15.3. The number of ether oxygens (including phenoxy) is 1. The van der Waals surface area contributed by atoms with Crippen LogP contribution in [0.25, 0.3) is 0 Å². The van der Waals surface area contributed by atoms with E-state index in [0.717, 1.165) is 25.5 Å². The molecule has 1 rings (SSSR count). The van der Waals surface area contributed by atoms with Crippen LogP contribution in [0.2, 0.25) is 0 Å². The molecule has 0 amide bonds. The van der Waals surface area contributed by atoms with E-state index in [2.05, 4.69) is 27.3 Å². The maximum absolute atomic E-state index is 11.5. The Balaban J connectivity index is 0.00000400. The second-order valence-corrected chi connectivity index (χ2v) is 4.30. The van der Waals surface area contributed by atoms with Gasteiger partial charge in [0.15, 0.2) is 5.96 Å². The van der Waals surface area contributed by atoms with Crippen molar-refractivity contribution >= 4 is 35.9 Å². The number of methoxy groups -OCH3 is 1. The highest BCUT2D eigenvalue weighted by molar-refractivity contribution is 14.0. The van der Waals surface area contributed by atoms with Crippen molar-refractivity contribution in [1.82, 2.24) is 10.6 Å². The van der Waals surface area contributed by atoms with Gasteiger partial charge in [-0.15, -0.1) is 24.0 Å². The smallest absolute Gasteiger partial charge is 0.341 e. The van der Waals surface area contributed by atoms with Crippen LogP contribution >= 0.6 is 24.0 Å². The number of carbonyl (C=O) groups is 1. The first-order chi connectivity index (χ1) is 9.62. The molecule has 6 nitrogen and oxygen atoms in total. The minimum Gasteiger partial charge on any atom is -0.465 e. The van der Waals surface area contributed by atoms with Crippen LogP contribution in [0.1, 0.15) is 42.1 Å². The lowest BCUT2D eigenvalue weighted by Gasteiger charge is -2.09. The Hall–Kier alpha value is -1.25. The number of aryl methyl sites for hydroxylation is 1. The fraction of sp³-hybridized carbons (Fsp3) is 0.571. The number of nitrogens with one attached hydrogen (secondary N) is 2. The van der Waals surface area contributed by atoms with Crippen LogP contribution in [0.5, 0.6) is 0 Å². The van der Waals surface area contributed by atoms with Gasteiger partial charge in [-0.3, -0.25) is 0 Å². The average Bonchev–Trinajstić information content (AvgIpc) is 2.82. The molecule has 1 aromatic heterocycles. The number of esters is 1. The van der Waals surface area contributed by atoms with Gasteiger partial charge in [-0.05, 0) is 26.3 Å². The van der Waals surface area contributed by atoms with E-state index in [0.29, 0.717) is 23.6 Å². The maximum atomic E-state index is 11.5. The third-order valence-electron chi connectivity index (χ3n) is 2.65. The normalized spacial score (nSPS) is 10.8. The predicted molar refractivity (Wildman–Crippen MR) is 93.3 cm³/mol. The fourth-order valence-electron chi connectivity index (χ4n) is 1.68. The van der Waals surface area contributed by atoms with E-state index in [9.17, 15) is 4.79 Å². The van der Waals surface area contributed by atoms with Gasteiger partial charge in [0, 0.05) is 13.1 Å². The van der Waals surface area contributed by atoms with Crippen molar-refractivity contribution in [2.75, 3.05) is 20.2 Å². The quantitative estimate of drug-likeness (QED) is 0.327. The first kappa shape index (κ1) is 19.8. The van der Waals surface area contributed by atoms with Crippen molar-refractivity contribution < 1.29 is 13.9 Å². The number of rotatable bonds is 6. The zero-order valence-electron chi connectivity index (χ0n) is 13.0. The van der Waals surface area contributed by atoms with Crippen molar-refractivity contribution in [3.63, 3.8) is 0 Å². The number of guanidine groups is 1. The van der Waals surface area contributed by atoms with Gasteiger partial charge in [-0.25, -0.2) is 9.79 Å². The topological polar surface area (TPSA) is 75.9 Å². The average molecular weight is 409 g/mol. The summed E-state index contributed by atoms with van der Waals surface area (Å²) < 4.78 is 10.2. The van der Waals surface area contributed by atoms with Crippen molar-refractivity contribution in [2.45, 2.75) is 33.7 Å². The van der Waals surface area contributed by atoms with Gasteiger partial charge in [0.2, 0.25) is 0 Å². The number of hydrogen-bond donors (Lipinski definition) is 2. The number of halogens is 1. The fourth-order valence-corrected chi connectivity index (χ4v) is 1.68. The summed E-state index contributed by atoms with van der Waals surface area (Å²) in [5.41, 5.74) is 0.448. The molecule has 0 spiro atoms. The molecular formula is C14H24IN3O3. The van der Waals surface area contributed by atoms with Crippen LogP contribution < -0.4 is 10.6 Å². The molecule has 0 radical (unpaired) electrons. The highest BCUT2D eigenvalue weighted by Gasteiger charge is 2.15. The minimum absolute atomic E-state index is 0. The van der Waals surface area contributed by atoms with E-state index in [1.807, 2.05) is 6.92 Å². The summed E-state index contributed by atoms with van der Waals surface area (Å²) in [5, 5.41) is 6.35. The number of furan rings is 1. The summed E-state index contributed by atoms with van der Waals surface area (Å²) in [5.74, 6) is 1.53. The van der Waals surface area contributed by atoms with Gasteiger partial charge in [0.25, 0.3) is 0 Å². The third-order valence-corrected chi connectivity index (χ3v) is 2.65. The monoisotopic (exact) mass is 409 g/mol. The molecule has 0 bridgehead atoms. The molecule has 7 heteroatoms. The van der Waals surface area contributed by atoms with Crippen LogP contribution in [0.3, 0.4) is 0 Å². The first-order valence-corrected chi connectivity index (χ1v) is 6.82. The lowest BCUT2D eigenvalue weighted by Crippen LogP contribution is -2.37. The summed E-state index contributed by atoms with van der Waals surface area (Å²) in [7, 11) is 1.35. The van der Waals surface area contributed by atoms with Gasteiger partial charge in [0.1, 0.15) is 23.6 Å². The molecule has 0 unspecified atom stereocenters. The number of aliphatic imine (C=N–C) groups is 1. The molecule has 0 saturated heterocycles. The molecule has 120 valence electrons. The van der Waals surface area contributed by atoms with Crippen LogP contribution in [-0.2, 0) is 11.3 Å². The van der Waals surface area contributed by atoms with Crippen molar-refractivity contribution in [3.05, 3.63) is 23.2 Å². The molecule has 0 aromatic carbocycles. The molecule has 0 atom stereocenters. The van der Waals surface area contributed by atoms with E-state index in [4.69, 9.17) is 4.42 Å². The maximum Gasteiger partial charge on any atom is 0.341 e. The molecule has 21 heavy (non-hydrogen) atoms. The van der Waals surface area contributed by atoms with E-state index < -0.39 is 5.97 Å². The van der Waals surface area contributed by atoms with E-state index in [1.165, 1.54) is 7.11 Å². The standard InChI is InChI=1S/C14H23N3O3.HI/c1-5-7-16-14(15-6-2)17-9-11-8-12(10(3)20-11)13(18)19-4;/h8H,5-7,9H2,1-4H3,(H2,15,16,17);1H. The van der Waals surface area contributed by atoms with Gasteiger partial charge in [-0.2, -0.15) is 0 Å². The van der Waals surface area contributed by atoms with Crippen molar-refractivity contribution in [3.8, 4) is 0 Å². The Labute approximate surface area is 142 Å². The van der Waals surface area contributed by atoms with Gasteiger partial charge in [0.05, 0.1) is 7.11 Å². The van der Waals surface area contributed by atoms with E-state index in [-0.39, 0.29) is 24.0 Å². The molecule has 0 aliphatic heterocycles. The summed E-state index contributed by atoms with van der Waals surface area (Å²) in [4.78, 5) is 15.9. The van der Waals surface area contributed by atoms with Crippen molar-refractivity contribution in [2.24, 2.45) is 4.99 Å². The molecule has 0 saturated carbocycles. The molecule has 0 fully saturated rings. The van der Waals surface area contributed by atoms with Gasteiger partial charge < -0.3 is 19.8 Å². The summed E-state index contributed by atoms with van der Waals surface area (Å²) in [6.45, 7) is 7.86. The zero-order chi connectivity index (χ0) is 15.0. The highest BCUT2D eigenvalue weighted by atomic mass is 127. The summed E-state index contributed by atoms with van der Waals surface area (Å²) in [6, 6.07) is 1.67. The Morgan fingerprint density at radius 1 is 1.38 bits per heavy atom. The van der Waals surface area contributed by atoms with Crippen LogP contribution in [0.4, 0.5) is 0 Å². The Kier molecular flexibility index (Phi) is 9.85. The van der Waals surface area contributed by atoms with Gasteiger partial charge in [-0.1, -0.05) is 6.92 Å². The molecule has 2 N–H and O–H groups in total.